The Bertz CT molecular complexity index is 3220. The van der Waals surface area contributed by atoms with Crippen LogP contribution < -0.4 is 71.6 Å². The largest absolute Gasteiger partial charge is 0.480 e. The van der Waals surface area contributed by atoms with Crippen LogP contribution in [0.2, 0.25) is 0 Å². The molecule has 0 saturated heterocycles. The van der Waals surface area contributed by atoms with E-state index in [1.54, 1.807) is 24.3 Å². The van der Waals surface area contributed by atoms with Crippen LogP contribution >= 0.6 is 11.8 Å². The molecule has 0 saturated carbocycles. The van der Waals surface area contributed by atoms with Gasteiger partial charge in [-0.05, 0) is 134 Å². The van der Waals surface area contributed by atoms with Crippen molar-refractivity contribution in [2.45, 2.75) is 339 Å². The van der Waals surface area contributed by atoms with Crippen LogP contribution in [0.15, 0.2) is 29.1 Å². The number of rotatable bonds is 71. The number of nitrogen functional groups attached to an aromatic ring is 1. The third-order valence-electron chi connectivity index (χ3n) is 20.0. The van der Waals surface area contributed by atoms with Crippen molar-refractivity contribution in [1.82, 2.24) is 51.4 Å². The number of benzene rings is 1. The third-order valence-corrected chi connectivity index (χ3v) is 21.2. The fourth-order valence-electron chi connectivity index (χ4n) is 13.1. The van der Waals surface area contributed by atoms with E-state index >= 15 is 0 Å². The van der Waals surface area contributed by atoms with Gasteiger partial charge >= 0.3 is 23.6 Å². The van der Waals surface area contributed by atoms with E-state index in [1.165, 1.54) is 132 Å². The van der Waals surface area contributed by atoms with Crippen molar-refractivity contribution in [2.24, 2.45) is 22.9 Å². The average Bonchev–Trinajstić information content (AvgIpc) is 1.64. The zero-order chi connectivity index (χ0) is 82.6. The summed E-state index contributed by atoms with van der Waals surface area (Å²) in [5.74, 6) is -6.14. The minimum atomic E-state index is -1.59. The number of H-pyrrole nitrogens is 1. The molecule has 3 aromatic rings. The van der Waals surface area contributed by atoms with Gasteiger partial charge in [-0.2, -0.15) is 21.7 Å². The summed E-state index contributed by atoms with van der Waals surface area (Å²) in [4.78, 5) is 147. The molecule has 3 rings (SSSR count). The lowest BCUT2D eigenvalue weighted by atomic mass is 10.0. The van der Waals surface area contributed by atoms with Crippen molar-refractivity contribution in [1.29, 1.82) is 0 Å². The number of carboxylic acid groups (broad SMARTS) is 1. The maximum absolute atomic E-state index is 14.5. The highest BCUT2D eigenvalue weighted by Crippen LogP contribution is 2.21. The second kappa shape index (κ2) is 62.9. The molecular weight excluding hydrogens is 1470 g/mol. The number of anilines is 2. The van der Waals surface area contributed by atoms with Crippen molar-refractivity contribution < 1.29 is 62.8 Å². The number of carbonyl (C=O) groups excluding carboxylic acids is 8. The van der Waals surface area contributed by atoms with Gasteiger partial charge in [-0.25, -0.2) is 9.59 Å². The molecule has 7 atom stereocenters. The number of ether oxygens (including phenoxy) is 2. The van der Waals surface area contributed by atoms with Gasteiger partial charge in [0.1, 0.15) is 48.4 Å². The lowest BCUT2D eigenvalue weighted by Gasteiger charge is -2.27. The standard InChI is InChI=1S/C82H144N16O14S/c1-4-7-10-12-14-16-18-20-22-24-26-28-30-44-69(100)111-57-62(112-70(101)45-31-29-27-25-23-21-19-17-15-13-11-8-5-2)58-113-59-63(86)75(103)94-68(56-99)79(107)92-65(41-33-37-51-84)77(105)90-64(40-32-36-50-83)76(104)91-66(78(106)93-67(80(108)109)43-34-38-52-85)42-35-39-54-88-74(102)61-48-46-60(47-49-61)55-98-73-71(95-82(98)110)72(87)96-81(97-73)89-53-9-6-3/h46-49,62-68,99H,4-45,50-59,83-86H2,1-3H3,(H,88,102)(H,90,105)(H,91,104)(H,92,107)(H,93,106)(H,94,103)(H,95,110)(H,108,109)(H3,87,89,96,97)/t62?,63-,64-,65-,66-,67-,68?/m0/s1. The maximum atomic E-state index is 14.5. The normalized spacial score (nSPS) is 13.2. The summed E-state index contributed by atoms with van der Waals surface area (Å²) in [6, 6.07) is -1.50. The summed E-state index contributed by atoms with van der Waals surface area (Å²) >= 11 is 1.18. The molecule has 2 unspecified atom stereocenters. The second-order valence-electron chi connectivity index (χ2n) is 30.0. The van der Waals surface area contributed by atoms with Gasteiger partial charge in [-0.3, -0.25) is 42.9 Å². The number of fused-ring (bicyclic) bond motifs is 1. The Morgan fingerprint density at radius 1 is 0.504 bits per heavy atom. The van der Waals surface area contributed by atoms with Crippen molar-refractivity contribution >= 4 is 88.0 Å². The van der Waals surface area contributed by atoms with Gasteiger partial charge in [0.05, 0.1) is 19.2 Å². The van der Waals surface area contributed by atoms with E-state index in [4.69, 9.17) is 38.1 Å². The molecule has 0 radical (unpaired) electrons. The van der Waals surface area contributed by atoms with Gasteiger partial charge in [-0.1, -0.05) is 193 Å². The van der Waals surface area contributed by atoms with Crippen molar-refractivity contribution in [3.63, 3.8) is 0 Å². The van der Waals surface area contributed by atoms with Crippen molar-refractivity contribution in [3.8, 4) is 0 Å². The van der Waals surface area contributed by atoms with Gasteiger partial charge < -0.3 is 90.6 Å². The number of aromatic nitrogens is 4. The van der Waals surface area contributed by atoms with Gasteiger partial charge in [0.2, 0.25) is 35.5 Å². The number of aliphatic carboxylic acids is 1. The number of carbonyl (C=O) groups is 9. The predicted octanol–water partition coefficient (Wildman–Crippen LogP) is 9.23. The molecule has 1 aromatic carbocycles. The first-order chi connectivity index (χ1) is 54.7. The zero-order valence-electron chi connectivity index (χ0n) is 68.6. The summed E-state index contributed by atoms with van der Waals surface area (Å²) in [5, 5.41) is 39.8. The van der Waals surface area contributed by atoms with Gasteiger partial charge in [0.25, 0.3) is 5.91 Å². The fourth-order valence-corrected chi connectivity index (χ4v) is 14.0. The van der Waals surface area contributed by atoms with Crippen molar-refractivity contribution in [3.05, 3.63) is 45.9 Å². The van der Waals surface area contributed by atoms with Crippen LogP contribution in [-0.4, -0.2) is 183 Å². The van der Waals surface area contributed by atoms with E-state index in [1.807, 2.05) is 0 Å². The van der Waals surface area contributed by atoms with E-state index in [9.17, 15) is 58.2 Å². The number of esters is 2. The van der Waals surface area contributed by atoms with Crippen LogP contribution in [0.1, 0.15) is 306 Å². The minimum Gasteiger partial charge on any atom is -0.480 e. The number of hydrogen-bond acceptors (Lipinski definition) is 22. The quantitative estimate of drug-likeness (QED) is 0.0185. The molecule has 0 bridgehead atoms. The van der Waals surface area contributed by atoms with E-state index in [0.29, 0.717) is 99.1 Å². The number of hydrogen-bond donors (Lipinski definition) is 15. The highest BCUT2D eigenvalue weighted by molar-refractivity contribution is 7.99. The SMILES string of the molecule is CCCCCCCCCCCCCCCC(=O)OCC(CSC[C@H](N)C(=O)NC(CO)C(=O)N[C@@H](CCCCN)C(=O)N[C@@H](CCCCN)C(=O)N[C@@H](CCCCNC(=O)c1ccc(Cn2c(=O)[nH]c3c(N)nc(NCCCC)nc32)cc1)C(=O)N[C@@H](CCCCN)C(=O)O)OC(=O)CCCCCCCCCCCCCCC. The fraction of sp³-hybridized carbons (Fsp3) is 0.756. The highest BCUT2D eigenvalue weighted by Gasteiger charge is 2.33. The Balaban J connectivity index is 1.67. The number of nitrogens with zero attached hydrogens (tertiary/aromatic N) is 3. The van der Waals surface area contributed by atoms with Crippen LogP contribution in [0.5, 0.6) is 0 Å². The Kier molecular flexibility index (Phi) is 55.5. The molecule has 6 amide bonds. The Morgan fingerprint density at radius 2 is 0.929 bits per heavy atom. The first-order valence-corrected chi connectivity index (χ1v) is 43.9. The topological polar surface area (TPSA) is 490 Å². The molecule has 2 heterocycles. The van der Waals surface area contributed by atoms with Gasteiger partial charge in [0, 0.05) is 43.0 Å². The number of unbranched alkanes of at least 4 members (excludes halogenated alkanes) is 29. The molecular formula is C82H144N16O14S. The summed E-state index contributed by atoms with van der Waals surface area (Å²) in [6.45, 7) is 7.12. The van der Waals surface area contributed by atoms with Crippen molar-refractivity contribution in [2.75, 3.05) is 68.5 Å². The summed E-state index contributed by atoms with van der Waals surface area (Å²) < 4.78 is 13.0. The highest BCUT2D eigenvalue weighted by atomic mass is 32.2. The lowest BCUT2D eigenvalue weighted by molar-refractivity contribution is -0.157. The van der Waals surface area contributed by atoms with Gasteiger partial charge in [-0.15, -0.1) is 0 Å². The Labute approximate surface area is 675 Å². The van der Waals surface area contributed by atoms with E-state index in [-0.39, 0.29) is 101 Å². The predicted molar refractivity (Wildman–Crippen MR) is 448 cm³/mol. The number of nitrogens with one attached hydrogen (secondary N) is 8. The molecule has 30 nitrogen and oxygen atoms in total. The Hall–Kier alpha value is -7.45. The van der Waals surface area contributed by atoms with E-state index in [2.05, 4.69) is 72.9 Å². The molecule has 0 aliphatic carbocycles. The number of carboxylic acids is 1. The monoisotopic (exact) mass is 1610 g/mol. The first-order valence-electron chi connectivity index (χ1n) is 42.7. The van der Waals surface area contributed by atoms with Crippen LogP contribution in [-0.2, 0) is 54.4 Å². The summed E-state index contributed by atoms with van der Waals surface area (Å²) in [7, 11) is 0. The third kappa shape index (κ3) is 44.3. The molecule has 2 aromatic heterocycles. The zero-order valence-corrected chi connectivity index (χ0v) is 69.4. The second-order valence-corrected chi connectivity index (χ2v) is 31.1. The van der Waals surface area contributed by atoms with Crippen LogP contribution in [0, 0.1) is 0 Å². The van der Waals surface area contributed by atoms with Crippen LogP contribution in [0.4, 0.5) is 11.8 Å². The van der Waals surface area contributed by atoms with Crippen LogP contribution in [0.25, 0.3) is 11.2 Å². The number of aliphatic hydroxyl groups excluding tert-OH is 1. The van der Waals surface area contributed by atoms with Gasteiger partial charge in [0.15, 0.2) is 11.5 Å². The molecule has 642 valence electrons. The first kappa shape index (κ1) is 99.7. The minimum absolute atomic E-state index is 0.0145. The number of thioether (sulfide) groups is 1. The molecule has 0 aliphatic rings. The number of amides is 6. The number of aliphatic hydroxyl groups is 1. The van der Waals surface area contributed by atoms with Crippen LogP contribution in [0.3, 0.4) is 0 Å². The molecule has 113 heavy (non-hydrogen) atoms. The molecule has 0 spiro atoms. The summed E-state index contributed by atoms with van der Waals surface area (Å²) in [5.41, 5.74) is 31.1. The molecule has 20 N–H and O–H groups in total. The number of nitrogens with two attached hydrogens (primary N) is 5. The smallest absolute Gasteiger partial charge is 0.328 e. The lowest BCUT2D eigenvalue weighted by Crippen LogP contribution is -2.59. The molecule has 31 heteroatoms. The molecule has 0 fully saturated rings. The molecule has 0 aliphatic heterocycles. The number of imidazole rings is 1. The number of aromatic amines is 1. The summed E-state index contributed by atoms with van der Waals surface area (Å²) in [6.07, 6.45) is 34.9. The average molecular weight is 1610 g/mol. The van der Waals surface area contributed by atoms with E-state index in [0.717, 1.165) is 51.4 Å². The maximum Gasteiger partial charge on any atom is 0.328 e. The van der Waals surface area contributed by atoms with E-state index < -0.39 is 102 Å². The Morgan fingerprint density at radius 3 is 1.39 bits per heavy atom.